The van der Waals surface area contributed by atoms with Crippen LogP contribution in [0.25, 0.3) is 0 Å². The fourth-order valence-electron chi connectivity index (χ4n) is 3.57. The van der Waals surface area contributed by atoms with Gasteiger partial charge in [-0.1, -0.05) is 26.0 Å². The van der Waals surface area contributed by atoms with Crippen molar-refractivity contribution >= 4 is 11.6 Å². The lowest BCUT2D eigenvalue weighted by Crippen LogP contribution is -2.40. The number of para-hydroxylation sites is 2. The number of carbonyl (C=O) groups excluding carboxylic acids is 1. The lowest BCUT2D eigenvalue weighted by molar-refractivity contribution is -0.175. The fourth-order valence-corrected chi connectivity index (χ4v) is 3.57. The zero-order valence-electron chi connectivity index (χ0n) is 18.6. The van der Waals surface area contributed by atoms with E-state index in [9.17, 15) is 9.90 Å². The molecule has 3 atom stereocenters. The summed E-state index contributed by atoms with van der Waals surface area (Å²) in [5, 5.41) is 21.3. The Kier molecular flexibility index (Phi) is 10.8. The molecular weight excluding hydrogens is 402 g/mol. The Bertz CT molecular complexity index is 707. The van der Waals surface area contributed by atoms with Crippen LogP contribution in [0.15, 0.2) is 36.1 Å². The van der Waals surface area contributed by atoms with Crippen LogP contribution >= 0.6 is 0 Å². The van der Waals surface area contributed by atoms with E-state index >= 15 is 0 Å². The van der Waals surface area contributed by atoms with Crippen LogP contribution in [0.5, 0.6) is 5.75 Å². The molecule has 0 saturated heterocycles. The Hall–Kier alpha value is -2.13. The molecule has 1 aromatic rings. The number of hydrogen-bond acceptors (Lipinski definition) is 7. The van der Waals surface area contributed by atoms with E-state index in [2.05, 4.69) is 19.2 Å². The number of aliphatic hydroxyl groups excluding tert-OH is 1. The maximum absolute atomic E-state index is 12.8. The van der Waals surface area contributed by atoms with E-state index in [1.54, 1.807) is 18.2 Å². The second kappa shape index (κ2) is 13.3. The smallest absolute Gasteiger partial charge is 0.290 e. The van der Waals surface area contributed by atoms with Crippen LogP contribution in [0.1, 0.15) is 27.2 Å². The van der Waals surface area contributed by atoms with Gasteiger partial charge in [0, 0.05) is 19.1 Å². The molecule has 0 fully saturated rings. The Morgan fingerprint density at radius 3 is 2.52 bits per heavy atom. The van der Waals surface area contributed by atoms with Gasteiger partial charge >= 0.3 is 0 Å². The maximum Gasteiger partial charge on any atom is 0.290 e. The van der Waals surface area contributed by atoms with Gasteiger partial charge in [-0.25, -0.2) is 0 Å². The normalized spacial score (nSPS) is 20.9. The first kappa shape index (κ1) is 25.1. The second-order valence-corrected chi connectivity index (χ2v) is 7.67. The average Bonchev–Trinajstić information content (AvgIpc) is 2.75. The largest absolute Gasteiger partial charge is 0.506 e. The highest BCUT2D eigenvalue weighted by atomic mass is 16.7. The van der Waals surface area contributed by atoms with E-state index in [0.717, 1.165) is 0 Å². The van der Waals surface area contributed by atoms with Gasteiger partial charge in [0.25, 0.3) is 5.91 Å². The Morgan fingerprint density at radius 1 is 1.16 bits per heavy atom. The summed E-state index contributed by atoms with van der Waals surface area (Å²) in [6.07, 6.45) is 1.99. The standard InChI is InChI=1S/C23H35NO7/c1-4-30-23-17(9-11-28-13-14-29-12-10-25)18(16(2)3)15-21(31-23)22(27)24-19-7-5-6-8-20(19)26/h5-8,15-18,23,25-26H,4,9-14H2,1-3H3,(H,24,27)/t17-,18+,23+/m0/s1. The number of amides is 1. The number of aliphatic hydroxyl groups is 1. The number of aromatic hydroxyl groups is 1. The van der Waals surface area contributed by atoms with Crippen molar-refractivity contribution in [3.63, 3.8) is 0 Å². The number of anilines is 1. The highest BCUT2D eigenvalue weighted by molar-refractivity contribution is 6.03. The minimum atomic E-state index is -0.568. The molecule has 0 aromatic heterocycles. The summed E-state index contributed by atoms with van der Waals surface area (Å²) >= 11 is 0. The first-order valence-corrected chi connectivity index (χ1v) is 10.8. The molecule has 0 aliphatic carbocycles. The van der Waals surface area contributed by atoms with Crippen LogP contribution in [0.3, 0.4) is 0 Å². The van der Waals surface area contributed by atoms with Gasteiger partial charge < -0.3 is 34.5 Å². The molecule has 0 bridgehead atoms. The van der Waals surface area contributed by atoms with E-state index in [4.69, 9.17) is 24.1 Å². The van der Waals surface area contributed by atoms with Gasteiger partial charge in [0.05, 0.1) is 32.1 Å². The van der Waals surface area contributed by atoms with E-state index in [-0.39, 0.29) is 35.9 Å². The first-order valence-electron chi connectivity index (χ1n) is 10.8. The molecule has 1 amide bonds. The molecule has 1 aliphatic heterocycles. The topological polar surface area (TPSA) is 106 Å². The molecule has 174 valence electrons. The molecule has 0 spiro atoms. The third-order valence-electron chi connectivity index (χ3n) is 5.11. The van der Waals surface area contributed by atoms with Crippen LogP contribution in [-0.2, 0) is 23.7 Å². The molecule has 31 heavy (non-hydrogen) atoms. The van der Waals surface area contributed by atoms with Crippen LogP contribution in [0.4, 0.5) is 5.69 Å². The fraction of sp³-hybridized carbons (Fsp3) is 0.609. The Balaban J connectivity index is 2.04. The number of nitrogens with one attached hydrogen (secondary N) is 1. The van der Waals surface area contributed by atoms with Crippen LogP contribution in [0.2, 0.25) is 0 Å². The summed E-state index contributed by atoms with van der Waals surface area (Å²) < 4.78 is 22.6. The number of phenolic OH excluding ortho intramolecular Hbond substituents is 1. The number of ether oxygens (including phenoxy) is 4. The predicted octanol–water partition coefficient (Wildman–Crippen LogP) is 2.91. The van der Waals surface area contributed by atoms with Gasteiger partial charge in [-0.2, -0.15) is 0 Å². The zero-order chi connectivity index (χ0) is 22.6. The number of rotatable bonds is 13. The van der Waals surface area contributed by atoms with Crippen molar-refractivity contribution in [2.24, 2.45) is 17.8 Å². The summed E-state index contributed by atoms with van der Waals surface area (Å²) in [6, 6.07) is 6.56. The summed E-state index contributed by atoms with van der Waals surface area (Å²) in [6.45, 7) is 8.24. The summed E-state index contributed by atoms with van der Waals surface area (Å²) in [5.74, 6) is 0.108. The zero-order valence-corrected chi connectivity index (χ0v) is 18.6. The summed E-state index contributed by atoms with van der Waals surface area (Å²) in [5.41, 5.74) is 0.324. The molecule has 0 unspecified atom stereocenters. The Labute approximate surface area is 184 Å². The van der Waals surface area contributed by atoms with Gasteiger partial charge in [-0.15, -0.1) is 0 Å². The summed E-state index contributed by atoms with van der Waals surface area (Å²) in [7, 11) is 0. The lowest BCUT2D eigenvalue weighted by Gasteiger charge is -2.38. The van der Waals surface area contributed by atoms with Gasteiger partial charge in [0.2, 0.25) is 6.29 Å². The van der Waals surface area contributed by atoms with Gasteiger partial charge in [0.1, 0.15) is 5.75 Å². The van der Waals surface area contributed by atoms with Crippen molar-refractivity contribution in [2.45, 2.75) is 33.5 Å². The third kappa shape index (κ3) is 7.81. The molecule has 0 saturated carbocycles. The van der Waals surface area contributed by atoms with Crippen LogP contribution in [-0.4, -0.2) is 62.1 Å². The molecular formula is C23H35NO7. The van der Waals surface area contributed by atoms with Crippen molar-refractivity contribution in [1.82, 2.24) is 0 Å². The molecule has 1 aliphatic rings. The molecule has 8 heteroatoms. The third-order valence-corrected chi connectivity index (χ3v) is 5.11. The SMILES string of the molecule is CCO[C@@H]1OC(C(=O)Nc2ccccc2O)=C[C@H](C(C)C)[C@@H]1CCOCCOCCO. The quantitative estimate of drug-likeness (QED) is 0.322. The van der Waals surface area contributed by atoms with Gasteiger partial charge in [0.15, 0.2) is 5.76 Å². The highest BCUT2D eigenvalue weighted by Gasteiger charge is 2.38. The number of carbonyl (C=O) groups is 1. The van der Waals surface area contributed by atoms with Crippen LogP contribution < -0.4 is 5.32 Å². The Morgan fingerprint density at radius 2 is 1.87 bits per heavy atom. The average molecular weight is 438 g/mol. The lowest BCUT2D eigenvalue weighted by atomic mass is 9.79. The molecule has 3 N–H and O–H groups in total. The minimum Gasteiger partial charge on any atom is -0.506 e. The van der Waals surface area contributed by atoms with Gasteiger partial charge in [-0.05, 0) is 43.4 Å². The molecule has 8 nitrogen and oxygen atoms in total. The number of phenols is 1. The second-order valence-electron chi connectivity index (χ2n) is 7.67. The van der Waals surface area contributed by atoms with Crippen molar-refractivity contribution in [3.8, 4) is 5.75 Å². The number of allylic oxidation sites excluding steroid dienone is 1. The van der Waals surface area contributed by atoms with E-state index < -0.39 is 12.2 Å². The summed E-state index contributed by atoms with van der Waals surface area (Å²) in [4.78, 5) is 12.8. The maximum atomic E-state index is 12.8. The van der Waals surface area contributed by atoms with Gasteiger partial charge in [-0.3, -0.25) is 4.79 Å². The first-order chi connectivity index (χ1) is 15.0. The molecule has 1 heterocycles. The number of benzene rings is 1. The van der Waals surface area contributed by atoms with Crippen molar-refractivity contribution < 1.29 is 34.0 Å². The number of hydrogen-bond donors (Lipinski definition) is 3. The predicted molar refractivity (Wildman–Crippen MR) is 116 cm³/mol. The molecule has 2 rings (SSSR count). The highest BCUT2D eigenvalue weighted by Crippen LogP contribution is 2.37. The monoisotopic (exact) mass is 437 g/mol. The minimum absolute atomic E-state index is 0.00233. The van der Waals surface area contributed by atoms with Crippen LogP contribution in [0, 0.1) is 17.8 Å². The van der Waals surface area contributed by atoms with E-state index in [0.29, 0.717) is 45.1 Å². The van der Waals surface area contributed by atoms with Crippen molar-refractivity contribution in [3.05, 3.63) is 36.1 Å². The van der Waals surface area contributed by atoms with E-state index in [1.165, 1.54) is 6.07 Å². The molecule has 0 radical (unpaired) electrons. The van der Waals surface area contributed by atoms with Crippen molar-refractivity contribution in [1.29, 1.82) is 0 Å². The van der Waals surface area contributed by atoms with Crippen molar-refractivity contribution in [2.75, 3.05) is 45.0 Å². The van der Waals surface area contributed by atoms with E-state index in [1.807, 2.05) is 13.0 Å². The molecule has 1 aromatic carbocycles.